The average molecular weight is 288 g/mol. The van der Waals surface area contributed by atoms with Gasteiger partial charge in [-0.15, -0.1) is 11.8 Å². The van der Waals surface area contributed by atoms with E-state index in [1.807, 2.05) is 12.1 Å². The summed E-state index contributed by atoms with van der Waals surface area (Å²) in [6.07, 6.45) is 0. The quantitative estimate of drug-likeness (QED) is 0.767. The Hall–Kier alpha value is -2.28. The van der Waals surface area contributed by atoms with Crippen molar-refractivity contribution in [1.29, 1.82) is 0 Å². The van der Waals surface area contributed by atoms with Gasteiger partial charge in [-0.2, -0.15) is 5.10 Å². The van der Waals surface area contributed by atoms with Crippen LogP contribution in [0.5, 0.6) is 0 Å². The lowest BCUT2D eigenvalue weighted by Gasteiger charge is -2.28. The van der Waals surface area contributed by atoms with Gasteiger partial charge in [0.15, 0.2) is 0 Å². The molecule has 3 N–H and O–H groups in total. The molecular formula is C13H12N4O2S. The first-order valence-corrected chi connectivity index (χ1v) is 7.03. The Labute approximate surface area is 119 Å². The van der Waals surface area contributed by atoms with Gasteiger partial charge in [0.2, 0.25) is 0 Å². The van der Waals surface area contributed by atoms with Gasteiger partial charge in [-0.1, -0.05) is 0 Å². The molecule has 1 aromatic heterocycles. The van der Waals surface area contributed by atoms with Crippen LogP contribution in [0.4, 0.5) is 11.4 Å². The molecule has 0 unspecified atom stereocenters. The minimum atomic E-state index is -0.333. The van der Waals surface area contributed by atoms with Crippen molar-refractivity contribution < 1.29 is 4.79 Å². The number of nitrogens with one attached hydrogen (secondary N) is 1. The number of rotatable bonds is 1. The summed E-state index contributed by atoms with van der Waals surface area (Å²) >= 11 is 1.69. The van der Waals surface area contributed by atoms with Gasteiger partial charge in [0.05, 0.1) is 5.69 Å². The molecule has 0 aliphatic carbocycles. The molecule has 0 radical (unpaired) electrons. The van der Waals surface area contributed by atoms with Gasteiger partial charge in [0.25, 0.3) is 11.5 Å². The molecule has 0 fully saturated rings. The summed E-state index contributed by atoms with van der Waals surface area (Å²) < 4.78 is 0. The minimum absolute atomic E-state index is 0.213. The first kappa shape index (κ1) is 12.7. The number of benzene rings is 1. The fourth-order valence-electron chi connectivity index (χ4n) is 2.05. The van der Waals surface area contributed by atoms with Gasteiger partial charge in [0.1, 0.15) is 5.69 Å². The molecule has 20 heavy (non-hydrogen) atoms. The van der Waals surface area contributed by atoms with Gasteiger partial charge < -0.3 is 10.6 Å². The molecule has 0 bridgehead atoms. The summed E-state index contributed by atoms with van der Waals surface area (Å²) in [5.41, 5.74) is 7.07. The standard InChI is InChI=1S/C13H12N4O2S/c14-8-1-3-11-10(7-8)17(5-6-20-11)13(19)9-2-4-12(18)16-15-9/h1-4,7H,5-6,14H2,(H,16,18). The topological polar surface area (TPSA) is 92.1 Å². The number of amides is 1. The van der Waals surface area contributed by atoms with Crippen LogP contribution in [-0.4, -0.2) is 28.4 Å². The van der Waals surface area contributed by atoms with Crippen LogP contribution in [0.25, 0.3) is 0 Å². The van der Waals surface area contributed by atoms with Gasteiger partial charge in [0, 0.05) is 28.9 Å². The molecule has 2 heterocycles. The van der Waals surface area contributed by atoms with Crippen LogP contribution < -0.4 is 16.2 Å². The van der Waals surface area contributed by atoms with Crippen LogP contribution in [0.2, 0.25) is 0 Å². The fraction of sp³-hybridized carbons (Fsp3) is 0.154. The second-order valence-corrected chi connectivity index (χ2v) is 5.48. The zero-order valence-electron chi connectivity index (χ0n) is 10.5. The maximum Gasteiger partial charge on any atom is 0.278 e. The van der Waals surface area contributed by atoms with E-state index in [9.17, 15) is 9.59 Å². The Morgan fingerprint density at radius 2 is 2.20 bits per heavy atom. The molecule has 3 rings (SSSR count). The van der Waals surface area contributed by atoms with Gasteiger partial charge in [-0.05, 0) is 24.3 Å². The number of nitrogen functional groups attached to an aromatic ring is 1. The van der Waals surface area contributed by atoms with E-state index in [0.717, 1.165) is 16.3 Å². The summed E-state index contributed by atoms with van der Waals surface area (Å²) in [5.74, 6) is 0.569. The monoisotopic (exact) mass is 288 g/mol. The highest BCUT2D eigenvalue weighted by Gasteiger charge is 2.25. The summed E-state index contributed by atoms with van der Waals surface area (Å²) in [7, 11) is 0. The third-order valence-corrected chi connectivity index (χ3v) is 4.03. The number of anilines is 2. The number of thioether (sulfide) groups is 1. The summed E-state index contributed by atoms with van der Waals surface area (Å²) in [5, 5.41) is 6.05. The lowest BCUT2D eigenvalue weighted by molar-refractivity contribution is 0.0982. The van der Waals surface area contributed by atoms with Crippen molar-refractivity contribution in [3.63, 3.8) is 0 Å². The number of aromatic nitrogens is 2. The van der Waals surface area contributed by atoms with Crippen molar-refractivity contribution in [2.75, 3.05) is 22.9 Å². The molecule has 1 aliphatic heterocycles. The third-order valence-electron chi connectivity index (χ3n) is 2.99. The third kappa shape index (κ3) is 2.27. The Bertz CT molecular complexity index is 708. The predicted molar refractivity (Wildman–Crippen MR) is 78.1 cm³/mol. The largest absolute Gasteiger partial charge is 0.399 e. The summed E-state index contributed by atoms with van der Waals surface area (Å²) in [6.45, 7) is 0.584. The Morgan fingerprint density at radius 3 is 2.95 bits per heavy atom. The second kappa shape index (κ2) is 5.01. The lowest BCUT2D eigenvalue weighted by atomic mass is 10.2. The normalized spacial score (nSPS) is 13.9. The van der Waals surface area contributed by atoms with Gasteiger partial charge >= 0.3 is 0 Å². The van der Waals surface area contributed by atoms with Crippen molar-refractivity contribution in [2.24, 2.45) is 0 Å². The highest BCUT2D eigenvalue weighted by molar-refractivity contribution is 7.99. The van der Waals surface area contributed by atoms with E-state index in [4.69, 9.17) is 5.73 Å². The van der Waals surface area contributed by atoms with E-state index in [2.05, 4.69) is 10.2 Å². The maximum absolute atomic E-state index is 12.5. The SMILES string of the molecule is Nc1ccc2c(c1)N(C(=O)c1ccc(=O)[nH]n1)CCS2. The van der Waals surface area contributed by atoms with Crippen LogP contribution in [0.3, 0.4) is 0 Å². The molecule has 0 spiro atoms. The van der Waals surface area contributed by atoms with E-state index in [1.54, 1.807) is 22.7 Å². The molecular weight excluding hydrogens is 276 g/mol. The van der Waals surface area contributed by atoms with Crippen LogP contribution >= 0.6 is 11.8 Å². The van der Waals surface area contributed by atoms with Crippen LogP contribution in [0, 0.1) is 0 Å². The van der Waals surface area contributed by atoms with Crippen LogP contribution in [0.1, 0.15) is 10.5 Å². The highest BCUT2D eigenvalue weighted by Crippen LogP contribution is 2.36. The number of nitrogens with zero attached hydrogens (tertiary/aromatic N) is 2. The molecule has 1 aromatic carbocycles. The average Bonchev–Trinajstić information content (AvgIpc) is 2.46. The van der Waals surface area contributed by atoms with Crippen LogP contribution in [0.15, 0.2) is 40.0 Å². The number of H-pyrrole nitrogens is 1. The van der Waals surface area contributed by atoms with E-state index in [-0.39, 0.29) is 17.2 Å². The first-order valence-electron chi connectivity index (χ1n) is 6.05. The molecule has 1 amide bonds. The summed E-state index contributed by atoms with van der Waals surface area (Å²) in [6, 6.07) is 8.23. The molecule has 0 saturated carbocycles. The van der Waals surface area contributed by atoms with E-state index in [0.29, 0.717) is 12.2 Å². The zero-order valence-corrected chi connectivity index (χ0v) is 11.3. The van der Waals surface area contributed by atoms with Crippen molar-refractivity contribution in [2.45, 2.75) is 4.90 Å². The molecule has 0 atom stereocenters. The smallest absolute Gasteiger partial charge is 0.278 e. The second-order valence-electron chi connectivity index (χ2n) is 4.34. The van der Waals surface area contributed by atoms with E-state index >= 15 is 0 Å². The number of carbonyl (C=O) groups excluding carboxylic acids is 1. The number of hydrogen-bond acceptors (Lipinski definition) is 5. The number of fused-ring (bicyclic) bond motifs is 1. The van der Waals surface area contributed by atoms with Crippen molar-refractivity contribution in [1.82, 2.24) is 10.2 Å². The number of nitrogens with two attached hydrogens (primary N) is 1. The Balaban J connectivity index is 1.99. The maximum atomic E-state index is 12.5. The van der Waals surface area contributed by atoms with Gasteiger partial charge in [-0.3, -0.25) is 9.59 Å². The lowest BCUT2D eigenvalue weighted by Crippen LogP contribution is -2.36. The zero-order chi connectivity index (χ0) is 14.1. The minimum Gasteiger partial charge on any atom is -0.399 e. The summed E-state index contributed by atoms with van der Waals surface area (Å²) in [4.78, 5) is 26.1. The van der Waals surface area contributed by atoms with Crippen molar-refractivity contribution in [3.05, 3.63) is 46.4 Å². The fourth-order valence-corrected chi connectivity index (χ4v) is 3.02. The van der Waals surface area contributed by atoms with E-state index in [1.165, 1.54) is 12.1 Å². The molecule has 102 valence electrons. The highest BCUT2D eigenvalue weighted by atomic mass is 32.2. The Kier molecular flexibility index (Phi) is 3.19. The van der Waals surface area contributed by atoms with Gasteiger partial charge in [-0.25, -0.2) is 5.10 Å². The molecule has 7 heteroatoms. The van der Waals surface area contributed by atoms with Crippen molar-refractivity contribution in [3.8, 4) is 0 Å². The number of hydrogen-bond donors (Lipinski definition) is 2. The van der Waals surface area contributed by atoms with Crippen molar-refractivity contribution >= 4 is 29.0 Å². The first-order chi connectivity index (χ1) is 9.65. The molecule has 2 aromatic rings. The predicted octanol–water partition coefficient (Wildman–Crippen LogP) is 1.10. The van der Waals surface area contributed by atoms with E-state index < -0.39 is 0 Å². The Morgan fingerprint density at radius 1 is 1.35 bits per heavy atom. The molecule has 6 nitrogen and oxygen atoms in total. The molecule has 1 aliphatic rings. The number of carbonyl (C=O) groups is 1. The van der Waals surface area contributed by atoms with Crippen LogP contribution in [-0.2, 0) is 0 Å². The molecule has 0 saturated heterocycles. The number of aromatic amines is 1.